The summed E-state index contributed by atoms with van der Waals surface area (Å²) < 4.78 is 11.1. The van der Waals surface area contributed by atoms with Gasteiger partial charge in [0.25, 0.3) is 5.91 Å². The van der Waals surface area contributed by atoms with Crippen LogP contribution in [0.25, 0.3) is 22.9 Å². The van der Waals surface area contributed by atoms with E-state index in [1.807, 2.05) is 70.1 Å². The minimum Gasteiger partial charge on any atom is -0.397 e. The van der Waals surface area contributed by atoms with E-state index in [2.05, 4.69) is 39.9 Å². The highest BCUT2D eigenvalue weighted by Gasteiger charge is 2.47. The van der Waals surface area contributed by atoms with Crippen molar-refractivity contribution in [3.05, 3.63) is 115 Å². The van der Waals surface area contributed by atoms with E-state index in [0.29, 0.717) is 41.7 Å². The maximum Gasteiger partial charge on any atom is 0.252 e. The van der Waals surface area contributed by atoms with Crippen LogP contribution in [0, 0.1) is 0 Å². The van der Waals surface area contributed by atoms with Gasteiger partial charge in [-0.3, -0.25) is 13.9 Å². The van der Waals surface area contributed by atoms with Crippen LogP contribution in [0.4, 0.5) is 11.5 Å². The number of aliphatic hydroxyl groups excluding tert-OH is 2. The van der Waals surface area contributed by atoms with Crippen LogP contribution in [0.1, 0.15) is 30.2 Å². The molecule has 6 N–H and O–H groups in total. The summed E-state index contributed by atoms with van der Waals surface area (Å²) in [5.41, 5.74) is 9.66. The molecule has 0 bridgehead atoms. The van der Waals surface area contributed by atoms with Gasteiger partial charge in [0.1, 0.15) is 18.0 Å². The lowest BCUT2D eigenvalue weighted by atomic mass is 9.91. The first-order chi connectivity index (χ1) is 22.9. The standard InChI is InChI=1S/C34H35N9O4/c1-2-36-32(46)29-27(44)28(45)33(47-29)43-20-38-26-30(37-18-24(21-10-5-3-6-11-21)22-12-7-4-8-13-22)39-34(40-31(26)43)42-16-9-14-25(42)41-17-15-23(35)19-41/h3-17,19-20,24,27-29,33,44-45H,2,18,35H2,1H3,(H,36,46)(H,37,39,40)/t27-,28+,29-,33+/m0/s1. The van der Waals surface area contributed by atoms with Crippen molar-refractivity contribution < 1.29 is 19.7 Å². The van der Waals surface area contributed by atoms with Crippen molar-refractivity contribution in [2.75, 3.05) is 24.1 Å². The predicted octanol–water partition coefficient (Wildman–Crippen LogP) is 2.99. The fraction of sp³-hybridized carbons (Fsp3) is 0.235. The molecular formula is C34H35N9O4. The van der Waals surface area contributed by atoms with Crippen LogP contribution in [0.15, 0.2) is 104 Å². The zero-order valence-electron chi connectivity index (χ0n) is 25.6. The largest absolute Gasteiger partial charge is 0.397 e. The van der Waals surface area contributed by atoms with Crippen LogP contribution in [0.2, 0.25) is 0 Å². The van der Waals surface area contributed by atoms with Crippen molar-refractivity contribution >= 4 is 28.6 Å². The Morgan fingerprint density at radius 1 is 0.957 bits per heavy atom. The zero-order chi connectivity index (χ0) is 32.5. The molecule has 4 aromatic heterocycles. The van der Waals surface area contributed by atoms with E-state index < -0.39 is 30.4 Å². The summed E-state index contributed by atoms with van der Waals surface area (Å²) in [4.78, 5) is 27.1. The van der Waals surface area contributed by atoms with Crippen LogP contribution in [0.5, 0.6) is 0 Å². The number of amides is 1. The number of benzene rings is 2. The van der Waals surface area contributed by atoms with Gasteiger partial charge >= 0.3 is 0 Å². The Morgan fingerprint density at radius 3 is 2.34 bits per heavy atom. The minimum absolute atomic E-state index is 0.00842. The lowest BCUT2D eigenvalue weighted by molar-refractivity contribution is -0.137. The topological polar surface area (TPSA) is 170 Å². The summed E-state index contributed by atoms with van der Waals surface area (Å²) in [5.74, 6) is 0.998. The molecule has 1 saturated heterocycles. The number of nitrogens with zero attached hydrogens (tertiary/aromatic N) is 6. The second kappa shape index (κ2) is 12.7. The van der Waals surface area contributed by atoms with E-state index in [1.165, 1.54) is 10.9 Å². The number of imidazole rings is 1. The number of anilines is 2. The van der Waals surface area contributed by atoms with Crippen LogP contribution in [-0.4, -0.2) is 76.2 Å². The monoisotopic (exact) mass is 633 g/mol. The lowest BCUT2D eigenvalue weighted by Crippen LogP contribution is -2.42. The number of nitrogens with one attached hydrogen (secondary N) is 2. The van der Waals surface area contributed by atoms with Gasteiger partial charge in [0, 0.05) is 43.3 Å². The second-order valence-corrected chi connectivity index (χ2v) is 11.4. The normalized spacial score (nSPS) is 19.4. The number of aliphatic hydroxyl groups is 2. The van der Waals surface area contributed by atoms with Gasteiger partial charge in [0.05, 0.1) is 6.33 Å². The van der Waals surface area contributed by atoms with Gasteiger partial charge in [-0.05, 0) is 36.2 Å². The number of rotatable bonds is 10. The Morgan fingerprint density at radius 2 is 1.68 bits per heavy atom. The first-order valence-corrected chi connectivity index (χ1v) is 15.4. The van der Waals surface area contributed by atoms with E-state index in [9.17, 15) is 15.0 Å². The number of nitrogens with two attached hydrogens (primary N) is 1. The molecule has 0 aliphatic carbocycles. The molecule has 5 heterocycles. The van der Waals surface area contributed by atoms with Gasteiger partial charge in [-0.2, -0.15) is 9.97 Å². The molecule has 7 rings (SSSR count). The summed E-state index contributed by atoms with van der Waals surface area (Å²) in [5, 5.41) is 28.0. The number of likely N-dealkylation sites (N-methyl/N-ethyl adjacent to an activating group) is 1. The van der Waals surface area contributed by atoms with Gasteiger partial charge in [0.15, 0.2) is 29.3 Å². The van der Waals surface area contributed by atoms with E-state index in [1.54, 1.807) is 19.2 Å². The molecule has 13 heteroatoms. The molecule has 1 aliphatic heterocycles. The Kier molecular flexibility index (Phi) is 8.16. The maximum absolute atomic E-state index is 12.6. The number of carbonyl (C=O) groups is 1. The number of hydrogen-bond donors (Lipinski definition) is 5. The first kappa shape index (κ1) is 30.2. The molecule has 0 saturated carbocycles. The third-order valence-corrected chi connectivity index (χ3v) is 8.33. The molecule has 0 spiro atoms. The number of nitrogen functional groups attached to an aromatic ring is 1. The molecule has 4 atom stereocenters. The highest BCUT2D eigenvalue weighted by Crippen LogP contribution is 2.34. The number of carbonyl (C=O) groups excluding carboxylic acids is 1. The lowest BCUT2D eigenvalue weighted by Gasteiger charge is -2.20. The van der Waals surface area contributed by atoms with Crippen molar-refractivity contribution in [1.29, 1.82) is 0 Å². The van der Waals surface area contributed by atoms with Crippen molar-refractivity contribution in [3.8, 4) is 11.8 Å². The number of ether oxygens (including phenoxy) is 1. The van der Waals surface area contributed by atoms with Crippen LogP contribution >= 0.6 is 0 Å². The third kappa shape index (κ3) is 5.71. The van der Waals surface area contributed by atoms with E-state index in [-0.39, 0.29) is 5.92 Å². The van der Waals surface area contributed by atoms with Gasteiger partial charge in [0.2, 0.25) is 5.95 Å². The molecule has 1 amide bonds. The van der Waals surface area contributed by atoms with Crippen LogP contribution in [-0.2, 0) is 9.53 Å². The molecule has 240 valence electrons. The van der Waals surface area contributed by atoms with Gasteiger partial charge in [-0.1, -0.05) is 60.7 Å². The molecule has 47 heavy (non-hydrogen) atoms. The molecule has 0 radical (unpaired) electrons. The molecule has 1 fully saturated rings. The Hall–Kier alpha value is -5.50. The molecular weight excluding hydrogens is 598 g/mol. The summed E-state index contributed by atoms with van der Waals surface area (Å²) >= 11 is 0. The zero-order valence-corrected chi connectivity index (χ0v) is 25.6. The molecule has 1 aliphatic rings. The van der Waals surface area contributed by atoms with Crippen molar-refractivity contribution in [2.45, 2.75) is 37.4 Å². The predicted molar refractivity (Wildman–Crippen MR) is 176 cm³/mol. The Bertz CT molecular complexity index is 1950. The van der Waals surface area contributed by atoms with Gasteiger partial charge in [-0.25, -0.2) is 4.98 Å². The van der Waals surface area contributed by atoms with E-state index in [4.69, 9.17) is 20.4 Å². The third-order valence-electron chi connectivity index (χ3n) is 8.33. The van der Waals surface area contributed by atoms with Crippen LogP contribution < -0.4 is 16.4 Å². The smallest absolute Gasteiger partial charge is 0.252 e. The average molecular weight is 634 g/mol. The van der Waals surface area contributed by atoms with Crippen molar-refractivity contribution in [2.24, 2.45) is 0 Å². The van der Waals surface area contributed by atoms with Crippen LogP contribution in [0.3, 0.4) is 0 Å². The Balaban J connectivity index is 1.32. The molecule has 6 aromatic rings. The number of fused-ring (bicyclic) bond motifs is 1. The summed E-state index contributed by atoms with van der Waals surface area (Å²) in [6.45, 7) is 2.60. The first-order valence-electron chi connectivity index (χ1n) is 15.4. The van der Waals surface area contributed by atoms with Gasteiger partial charge in [-0.15, -0.1) is 0 Å². The SMILES string of the molecule is CCNC(=O)[C@H]1O[C@@H](n2cnc3c(NCC(c4ccccc4)c4ccccc4)nc(-n4cccc4-n4ccc(N)c4)nc32)[C@H](O)[C@@H]1O. The highest BCUT2D eigenvalue weighted by molar-refractivity contribution is 5.84. The summed E-state index contributed by atoms with van der Waals surface area (Å²) in [6.07, 6.45) is 1.69. The van der Waals surface area contributed by atoms with E-state index in [0.717, 1.165) is 16.9 Å². The van der Waals surface area contributed by atoms with E-state index >= 15 is 0 Å². The number of aromatic nitrogens is 6. The van der Waals surface area contributed by atoms with Crippen molar-refractivity contribution in [1.82, 2.24) is 34.0 Å². The maximum atomic E-state index is 12.6. The molecule has 2 aromatic carbocycles. The molecule has 13 nitrogen and oxygen atoms in total. The number of hydrogen-bond acceptors (Lipinski definition) is 9. The minimum atomic E-state index is -1.45. The van der Waals surface area contributed by atoms with Gasteiger partial charge < -0.3 is 35.9 Å². The second-order valence-electron chi connectivity index (χ2n) is 11.4. The average Bonchev–Trinajstić information content (AvgIpc) is 3.89. The quantitative estimate of drug-likeness (QED) is 0.152. The highest BCUT2D eigenvalue weighted by atomic mass is 16.6. The molecule has 0 unspecified atom stereocenters. The summed E-state index contributed by atoms with van der Waals surface area (Å²) in [6, 6.07) is 26.0. The fourth-order valence-corrected chi connectivity index (χ4v) is 6.01. The fourth-order valence-electron chi connectivity index (χ4n) is 6.01. The summed E-state index contributed by atoms with van der Waals surface area (Å²) in [7, 11) is 0. The van der Waals surface area contributed by atoms with Crippen molar-refractivity contribution in [3.63, 3.8) is 0 Å². The Labute approximate surface area is 270 Å².